The normalized spacial score (nSPS) is 9.00. The number of hydrogen-bond donors (Lipinski definition) is 0. The fourth-order valence-corrected chi connectivity index (χ4v) is 3.24. The average Bonchev–Trinajstić information content (AvgIpc) is 2.46. The van der Waals surface area contributed by atoms with Gasteiger partial charge in [0.1, 0.15) is 0 Å². The van der Waals surface area contributed by atoms with E-state index in [1.54, 1.807) is 0 Å². The number of rotatable bonds is 2. The van der Waals surface area contributed by atoms with Gasteiger partial charge in [-0.2, -0.15) is 0 Å². The van der Waals surface area contributed by atoms with Crippen molar-refractivity contribution < 1.29 is 0 Å². The van der Waals surface area contributed by atoms with Gasteiger partial charge in [0.2, 0.25) is 0 Å². The van der Waals surface area contributed by atoms with Crippen molar-refractivity contribution >= 4 is 18.5 Å². The van der Waals surface area contributed by atoms with Crippen molar-refractivity contribution in [2.75, 3.05) is 0 Å². The van der Waals surface area contributed by atoms with Crippen molar-refractivity contribution in [2.45, 2.75) is 6.92 Å². The van der Waals surface area contributed by atoms with Gasteiger partial charge in [-0.25, -0.2) is 0 Å². The van der Waals surface area contributed by atoms with Gasteiger partial charge in [-0.1, -0.05) is 72.2 Å². The van der Waals surface area contributed by atoms with Crippen LogP contribution in [-0.4, -0.2) is 0 Å². The van der Waals surface area contributed by atoms with Crippen LogP contribution in [0.15, 0.2) is 60.7 Å². The summed E-state index contributed by atoms with van der Waals surface area (Å²) in [6.07, 6.45) is 0. The molecule has 0 N–H and O–H groups in total. The minimum Gasteiger partial charge on any atom is -0.0925 e. The van der Waals surface area contributed by atoms with E-state index in [2.05, 4.69) is 72.0 Å². The summed E-state index contributed by atoms with van der Waals surface area (Å²) in [7, 11) is -0.626. The summed E-state index contributed by atoms with van der Waals surface area (Å²) >= 11 is 0. The molecule has 0 fully saturated rings. The van der Waals surface area contributed by atoms with E-state index in [4.69, 9.17) is 0 Å². The molecule has 0 aliphatic rings. The van der Waals surface area contributed by atoms with Crippen LogP contribution in [0.2, 0.25) is 0 Å². The van der Waals surface area contributed by atoms with E-state index in [0.717, 1.165) is 0 Å². The number of hydrogen-bond acceptors (Lipinski definition) is 0. The lowest BCUT2D eigenvalue weighted by Crippen LogP contribution is -2.09. The fourth-order valence-electron chi connectivity index (χ4n) is 1.58. The van der Waals surface area contributed by atoms with Crippen LogP contribution in [0.1, 0.15) is 6.92 Å². The molecule has 0 nitrogen and oxygen atoms in total. The molecule has 0 spiro atoms. The molecule has 0 atom stereocenters. The Hall–Kier alpha value is -2.01. The first-order valence-electron chi connectivity index (χ1n) is 5.74. The van der Waals surface area contributed by atoms with E-state index < -0.39 is 7.92 Å². The Morgan fingerprint density at radius 3 is 1.67 bits per heavy atom. The van der Waals surface area contributed by atoms with Crippen molar-refractivity contribution in [3.05, 3.63) is 60.7 Å². The van der Waals surface area contributed by atoms with Gasteiger partial charge >= 0.3 is 0 Å². The predicted molar refractivity (Wildman–Crippen MR) is 80.3 cm³/mol. The Kier molecular flexibility index (Phi) is 4.60. The van der Waals surface area contributed by atoms with Gasteiger partial charge in [-0.3, -0.25) is 0 Å². The predicted octanol–water partition coefficient (Wildman–Crippen LogP) is 3.10. The molecule has 2 rings (SSSR count). The van der Waals surface area contributed by atoms with Gasteiger partial charge in [0.05, 0.1) is 0 Å². The first kappa shape index (κ1) is 12.4. The second-order valence-corrected chi connectivity index (χ2v) is 5.55. The molecule has 86 valence electrons. The molecule has 0 aliphatic carbocycles. The lowest BCUT2D eigenvalue weighted by atomic mass is 10.4. The highest BCUT2D eigenvalue weighted by Crippen LogP contribution is 2.31. The highest BCUT2D eigenvalue weighted by Gasteiger charge is 2.09. The standard InChI is InChI=1S/C17H13P/c1-2-3-10-15-18(16-11-6-4-7-12-16)17-13-8-5-9-14-17/h4-9,11-14H,1H3. The zero-order valence-electron chi connectivity index (χ0n) is 10.2. The quantitative estimate of drug-likeness (QED) is 0.566. The maximum Gasteiger partial charge on any atom is 0.0355 e. The molecule has 2 aromatic rings. The van der Waals surface area contributed by atoms with Crippen LogP contribution in [0.5, 0.6) is 0 Å². The topological polar surface area (TPSA) is 0 Å². The minimum atomic E-state index is -0.626. The van der Waals surface area contributed by atoms with E-state index in [-0.39, 0.29) is 0 Å². The summed E-state index contributed by atoms with van der Waals surface area (Å²) in [4.78, 5) is 0. The summed E-state index contributed by atoms with van der Waals surface area (Å²) in [5.74, 6) is 8.59. The average molecular weight is 248 g/mol. The molecule has 0 saturated carbocycles. The smallest absolute Gasteiger partial charge is 0.0355 e. The van der Waals surface area contributed by atoms with Crippen molar-refractivity contribution in [1.82, 2.24) is 0 Å². The summed E-state index contributed by atoms with van der Waals surface area (Å²) in [6, 6.07) is 20.8. The molecule has 0 bridgehead atoms. The molecule has 0 radical (unpaired) electrons. The van der Waals surface area contributed by atoms with Crippen molar-refractivity contribution in [2.24, 2.45) is 0 Å². The molecule has 0 saturated heterocycles. The third-order valence-electron chi connectivity index (χ3n) is 2.38. The van der Waals surface area contributed by atoms with Crippen LogP contribution in [0.3, 0.4) is 0 Å². The molecule has 0 unspecified atom stereocenters. The van der Waals surface area contributed by atoms with Crippen LogP contribution in [-0.2, 0) is 0 Å². The van der Waals surface area contributed by atoms with Gasteiger partial charge in [-0.15, -0.1) is 0 Å². The van der Waals surface area contributed by atoms with Crippen molar-refractivity contribution in [3.63, 3.8) is 0 Å². The molecule has 0 aromatic heterocycles. The SMILES string of the molecule is CC#CC#CP(c1ccccc1)c1ccccc1. The second kappa shape index (κ2) is 6.66. The maximum atomic E-state index is 3.29. The summed E-state index contributed by atoms with van der Waals surface area (Å²) < 4.78 is 0. The molecule has 1 heteroatoms. The van der Waals surface area contributed by atoms with Crippen LogP contribution in [0.25, 0.3) is 0 Å². The second-order valence-electron chi connectivity index (χ2n) is 3.62. The lowest BCUT2D eigenvalue weighted by molar-refractivity contribution is 1.76. The fraction of sp³-hybridized carbons (Fsp3) is 0.0588. The third kappa shape index (κ3) is 3.24. The highest BCUT2D eigenvalue weighted by molar-refractivity contribution is 7.77. The van der Waals surface area contributed by atoms with E-state index in [9.17, 15) is 0 Å². The third-order valence-corrected chi connectivity index (χ3v) is 4.35. The van der Waals surface area contributed by atoms with Crippen LogP contribution >= 0.6 is 7.92 Å². The van der Waals surface area contributed by atoms with Crippen molar-refractivity contribution in [3.8, 4) is 23.4 Å². The zero-order valence-corrected chi connectivity index (χ0v) is 11.1. The van der Waals surface area contributed by atoms with E-state index in [0.29, 0.717) is 0 Å². The molecular formula is C17H13P. The van der Waals surface area contributed by atoms with Crippen LogP contribution in [0, 0.1) is 23.4 Å². The first-order valence-corrected chi connectivity index (χ1v) is 7.08. The van der Waals surface area contributed by atoms with Gasteiger partial charge in [0.25, 0.3) is 0 Å². The van der Waals surface area contributed by atoms with Gasteiger partial charge in [0, 0.05) is 7.92 Å². The van der Waals surface area contributed by atoms with E-state index >= 15 is 0 Å². The number of benzene rings is 2. The largest absolute Gasteiger partial charge is 0.0925 e. The van der Waals surface area contributed by atoms with Gasteiger partial charge in [0.15, 0.2) is 0 Å². The van der Waals surface area contributed by atoms with Gasteiger partial charge < -0.3 is 0 Å². The Morgan fingerprint density at radius 1 is 0.722 bits per heavy atom. The van der Waals surface area contributed by atoms with Crippen LogP contribution in [0.4, 0.5) is 0 Å². The summed E-state index contributed by atoms with van der Waals surface area (Å²) in [5, 5.41) is 2.54. The molecule has 18 heavy (non-hydrogen) atoms. The maximum absolute atomic E-state index is 3.29. The first-order chi connectivity index (χ1) is 8.92. The molecule has 0 amide bonds. The van der Waals surface area contributed by atoms with Gasteiger partial charge in [-0.05, 0) is 29.4 Å². The monoisotopic (exact) mass is 248 g/mol. The van der Waals surface area contributed by atoms with Crippen molar-refractivity contribution in [1.29, 1.82) is 0 Å². The molecule has 0 heterocycles. The molecular weight excluding hydrogens is 235 g/mol. The Labute approximate surface area is 110 Å². The lowest BCUT2D eigenvalue weighted by Gasteiger charge is -2.10. The highest BCUT2D eigenvalue weighted by atomic mass is 31.1. The Balaban J connectivity index is 2.42. The Morgan fingerprint density at radius 2 is 1.22 bits per heavy atom. The van der Waals surface area contributed by atoms with E-state index in [1.807, 2.05) is 19.1 Å². The zero-order chi connectivity index (χ0) is 12.6. The van der Waals surface area contributed by atoms with Crippen LogP contribution < -0.4 is 10.6 Å². The van der Waals surface area contributed by atoms with E-state index in [1.165, 1.54) is 10.6 Å². The molecule has 0 aliphatic heterocycles. The summed E-state index contributed by atoms with van der Waals surface area (Å²) in [5.41, 5.74) is 3.29. The summed E-state index contributed by atoms with van der Waals surface area (Å²) in [6.45, 7) is 1.81. The molecule has 2 aromatic carbocycles. The Bertz CT molecular complexity index is 567. The minimum absolute atomic E-state index is 0.626.